The van der Waals surface area contributed by atoms with E-state index in [2.05, 4.69) is 41.2 Å². The third kappa shape index (κ3) is 3.96. The number of aromatic nitrogens is 2. The smallest absolute Gasteiger partial charge is 0.0762 e. The van der Waals surface area contributed by atoms with Crippen molar-refractivity contribution in [2.75, 3.05) is 5.88 Å². The molecule has 1 aromatic rings. The monoisotopic (exact) mass is 283 g/mol. The van der Waals surface area contributed by atoms with E-state index in [1.54, 1.807) is 0 Å². The van der Waals surface area contributed by atoms with Crippen LogP contribution in [-0.2, 0) is 6.54 Å². The average Bonchev–Trinajstić information content (AvgIpc) is 2.93. The van der Waals surface area contributed by atoms with Crippen molar-refractivity contribution >= 4 is 11.6 Å². The second kappa shape index (κ2) is 7.30. The lowest BCUT2D eigenvalue weighted by molar-refractivity contribution is 0.281. The average molecular weight is 284 g/mol. The zero-order valence-corrected chi connectivity index (χ0v) is 12.9. The molecule has 19 heavy (non-hydrogen) atoms. The summed E-state index contributed by atoms with van der Waals surface area (Å²) in [6, 6.07) is 3.18. The Morgan fingerprint density at radius 1 is 1.47 bits per heavy atom. The van der Waals surface area contributed by atoms with Gasteiger partial charge in [-0.3, -0.25) is 4.68 Å². The highest BCUT2D eigenvalue weighted by Crippen LogP contribution is 2.25. The van der Waals surface area contributed by atoms with Gasteiger partial charge in [0.15, 0.2) is 0 Å². The molecule has 108 valence electrons. The number of nitrogens with one attached hydrogen (secondary N) is 1. The summed E-state index contributed by atoms with van der Waals surface area (Å²) in [6.45, 7) is 5.26. The van der Waals surface area contributed by atoms with Crippen LogP contribution in [0, 0.1) is 5.92 Å². The van der Waals surface area contributed by atoms with Crippen LogP contribution < -0.4 is 5.32 Å². The van der Waals surface area contributed by atoms with E-state index in [1.165, 1.54) is 25.7 Å². The summed E-state index contributed by atoms with van der Waals surface area (Å²) in [5.74, 6) is 1.41. The van der Waals surface area contributed by atoms with Crippen LogP contribution in [0.3, 0.4) is 0 Å². The minimum atomic E-state index is 0.485. The maximum absolute atomic E-state index is 6.06. The van der Waals surface area contributed by atoms with Crippen molar-refractivity contribution in [1.29, 1.82) is 0 Å². The van der Waals surface area contributed by atoms with Gasteiger partial charge in [-0.1, -0.05) is 19.8 Å². The van der Waals surface area contributed by atoms with Crippen LogP contribution in [0.25, 0.3) is 0 Å². The first-order chi connectivity index (χ1) is 9.24. The molecule has 0 spiro atoms. The summed E-state index contributed by atoms with van der Waals surface area (Å²) in [5, 5.41) is 8.29. The van der Waals surface area contributed by atoms with E-state index in [1.807, 2.05) is 0 Å². The van der Waals surface area contributed by atoms with E-state index >= 15 is 0 Å². The highest BCUT2D eigenvalue weighted by molar-refractivity contribution is 6.18. The number of rotatable bonds is 6. The lowest BCUT2D eigenvalue weighted by atomic mass is 9.86. The van der Waals surface area contributed by atoms with Crippen LogP contribution in [-0.4, -0.2) is 21.7 Å². The van der Waals surface area contributed by atoms with Gasteiger partial charge in [0.25, 0.3) is 0 Å². The molecular formula is C15H26ClN3. The number of nitrogens with zero attached hydrogens (tertiary/aromatic N) is 2. The molecule has 2 rings (SSSR count). The number of halogens is 1. The zero-order chi connectivity index (χ0) is 13.7. The summed E-state index contributed by atoms with van der Waals surface area (Å²) in [5.41, 5.74) is 1.14. The first kappa shape index (κ1) is 14.9. The maximum atomic E-state index is 6.06. The second-order valence-corrected chi connectivity index (χ2v) is 6.04. The number of alkyl halides is 1. The van der Waals surface area contributed by atoms with Gasteiger partial charge in [0.1, 0.15) is 0 Å². The fourth-order valence-electron chi connectivity index (χ4n) is 2.80. The van der Waals surface area contributed by atoms with E-state index < -0.39 is 0 Å². The number of hydrogen-bond donors (Lipinski definition) is 1. The third-order valence-electron chi connectivity index (χ3n) is 4.36. The molecule has 0 amide bonds. The molecule has 3 unspecified atom stereocenters. The molecule has 1 aliphatic carbocycles. The zero-order valence-electron chi connectivity index (χ0n) is 12.1. The summed E-state index contributed by atoms with van der Waals surface area (Å²) in [6.07, 6.45) is 8.38. The van der Waals surface area contributed by atoms with Crippen molar-refractivity contribution in [3.05, 3.63) is 18.0 Å². The van der Waals surface area contributed by atoms with E-state index in [0.29, 0.717) is 18.0 Å². The normalized spacial score (nSPS) is 25.4. The van der Waals surface area contributed by atoms with Crippen molar-refractivity contribution in [3.8, 4) is 0 Å². The molecule has 1 saturated carbocycles. The molecule has 1 N–H and O–H groups in total. The fraction of sp³-hybridized carbons (Fsp3) is 0.800. The summed E-state index contributed by atoms with van der Waals surface area (Å²) >= 11 is 6.06. The van der Waals surface area contributed by atoms with E-state index in [9.17, 15) is 0 Å². The molecule has 3 atom stereocenters. The van der Waals surface area contributed by atoms with Crippen molar-refractivity contribution in [1.82, 2.24) is 15.1 Å². The summed E-state index contributed by atoms with van der Waals surface area (Å²) in [7, 11) is 0. The SMILES string of the molecule is CCC(C)n1ccc(CNC2CCCCC2CCl)n1. The summed E-state index contributed by atoms with van der Waals surface area (Å²) in [4.78, 5) is 0. The molecule has 0 saturated heterocycles. The van der Waals surface area contributed by atoms with Crippen molar-refractivity contribution in [2.24, 2.45) is 5.92 Å². The third-order valence-corrected chi connectivity index (χ3v) is 4.76. The Bertz CT molecular complexity index is 377. The van der Waals surface area contributed by atoms with Crippen molar-refractivity contribution in [2.45, 2.75) is 64.6 Å². The van der Waals surface area contributed by atoms with Gasteiger partial charge in [-0.2, -0.15) is 5.10 Å². The highest BCUT2D eigenvalue weighted by Gasteiger charge is 2.23. The van der Waals surface area contributed by atoms with Crippen LogP contribution in [0.2, 0.25) is 0 Å². The molecule has 0 aromatic carbocycles. The van der Waals surface area contributed by atoms with Gasteiger partial charge in [0, 0.05) is 30.7 Å². The van der Waals surface area contributed by atoms with Crippen LogP contribution in [0.15, 0.2) is 12.3 Å². The maximum Gasteiger partial charge on any atom is 0.0762 e. The van der Waals surface area contributed by atoms with Gasteiger partial charge < -0.3 is 5.32 Å². The van der Waals surface area contributed by atoms with Gasteiger partial charge >= 0.3 is 0 Å². The predicted molar refractivity (Wildman–Crippen MR) is 80.5 cm³/mol. The van der Waals surface area contributed by atoms with Crippen LogP contribution in [0.5, 0.6) is 0 Å². The van der Waals surface area contributed by atoms with Gasteiger partial charge in [-0.05, 0) is 38.2 Å². The van der Waals surface area contributed by atoms with Crippen LogP contribution in [0.4, 0.5) is 0 Å². The van der Waals surface area contributed by atoms with E-state index in [0.717, 1.165) is 24.5 Å². The quantitative estimate of drug-likeness (QED) is 0.806. The standard InChI is InChI=1S/C15H26ClN3/c1-3-12(2)19-9-8-14(18-19)11-17-15-7-5-4-6-13(15)10-16/h8-9,12-13,15,17H,3-7,10-11H2,1-2H3. The molecule has 0 aliphatic heterocycles. The topological polar surface area (TPSA) is 29.9 Å². The molecule has 3 nitrogen and oxygen atoms in total. The van der Waals surface area contributed by atoms with E-state index in [4.69, 9.17) is 11.6 Å². The molecular weight excluding hydrogens is 258 g/mol. The Morgan fingerprint density at radius 2 is 2.26 bits per heavy atom. The van der Waals surface area contributed by atoms with Crippen LogP contribution in [0.1, 0.15) is 57.7 Å². The lowest BCUT2D eigenvalue weighted by Gasteiger charge is -2.30. The molecule has 0 bridgehead atoms. The Labute approximate surface area is 121 Å². The molecule has 1 aromatic heterocycles. The minimum Gasteiger partial charge on any atom is -0.308 e. The second-order valence-electron chi connectivity index (χ2n) is 5.73. The molecule has 1 heterocycles. The Balaban J connectivity index is 1.85. The predicted octanol–water partition coefficient (Wildman–Crippen LogP) is 3.74. The van der Waals surface area contributed by atoms with E-state index in [-0.39, 0.29) is 0 Å². The van der Waals surface area contributed by atoms with Gasteiger partial charge in [-0.15, -0.1) is 11.6 Å². The first-order valence-electron chi connectivity index (χ1n) is 7.58. The van der Waals surface area contributed by atoms with Gasteiger partial charge in [-0.25, -0.2) is 0 Å². The molecule has 1 fully saturated rings. The van der Waals surface area contributed by atoms with Crippen molar-refractivity contribution in [3.63, 3.8) is 0 Å². The molecule has 0 radical (unpaired) electrons. The Kier molecular flexibility index (Phi) is 5.71. The largest absolute Gasteiger partial charge is 0.308 e. The molecule has 1 aliphatic rings. The molecule has 4 heteroatoms. The fourth-order valence-corrected chi connectivity index (χ4v) is 3.17. The Hall–Kier alpha value is -0.540. The summed E-state index contributed by atoms with van der Waals surface area (Å²) < 4.78 is 2.07. The lowest BCUT2D eigenvalue weighted by Crippen LogP contribution is -2.39. The number of hydrogen-bond acceptors (Lipinski definition) is 2. The van der Waals surface area contributed by atoms with Crippen LogP contribution >= 0.6 is 11.6 Å². The van der Waals surface area contributed by atoms with Crippen molar-refractivity contribution < 1.29 is 0 Å². The minimum absolute atomic E-state index is 0.485. The highest BCUT2D eigenvalue weighted by atomic mass is 35.5. The van der Waals surface area contributed by atoms with Gasteiger partial charge in [0.2, 0.25) is 0 Å². The Morgan fingerprint density at radius 3 is 3.00 bits per heavy atom. The van der Waals surface area contributed by atoms with Gasteiger partial charge in [0.05, 0.1) is 5.69 Å². The first-order valence-corrected chi connectivity index (χ1v) is 8.11.